The van der Waals surface area contributed by atoms with E-state index in [-0.39, 0.29) is 6.10 Å². The zero-order valence-electron chi connectivity index (χ0n) is 11.4. The molecule has 1 fully saturated rings. The summed E-state index contributed by atoms with van der Waals surface area (Å²) in [5.41, 5.74) is 0.895. The lowest BCUT2D eigenvalue weighted by atomic mass is 10.1. The number of halogens is 1. The first-order valence-corrected chi connectivity index (χ1v) is 7.30. The maximum Gasteiger partial charge on any atom is 0.0802 e. The number of benzene rings is 1. The van der Waals surface area contributed by atoms with Crippen molar-refractivity contribution in [2.75, 3.05) is 26.2 Å². The Hall–Kier alpha value is -0.610. The molecule has 1 heterocycles. The number of hydrogen-bond donors (Lipinski definition) is 1. The van der Waals surface area contributed by atoms with Crippen LogP contribution in [0.2, 0.25) is 5.02 Å². The number of rotatable bonds is 4. The van der Waals surface area contributed by atoms with Crippen molar-refractivity contribution in [2.45, 2.75) is 32.0 Å². The SMILES string of the molecule is CC1CN(CCC(O)c2cccc(Cl)c2)CCCO1. The molecule has 106 valence electrons. The molecule has 2 unspecified atom stereocenters. The van der Waals surface area contributed by atoms with Crippen LogP contribution in [0, 0.1) is 0 Å². The van der Waals surface area contributed by atoms with Gasteiger partial charge in [-0.15, -0.1) is 0 Å². The van der Waals surface area contributed by atoms with Crippen LogP contribution in [0.4, 0.5) is 0 Å². The molecule has 1 aromatic rings. The van der Waals surface area contributed by atoms with E-state index in [0.29, 0.717) is 5.02 Å². The topological polar surface area (TPSA) is 32.7 Å². The standard InChI is InChI=1S/C15H22ClNO2/c1-12-11-17(7-3-9-19-12)8-6-15(18)13-4-2-5-14(16)10-13/h2,4-5,10,12,15,18H,3,6-9,11H2,1H3. The smallest absolute Gasteiger partial charge is 0.0802 e. The summed E-state index contributed by atoms with van der Waals surface area (Å²) in [5.74, 6) is 0. The van der Waals surface area contributed by atoms with E-state index in [1.165, 1.54) is 0 Å². The fraction of sp³-hybridized carbons (Fsp3) is 0.600. The largest absolute Gasteiger partial charge is 0.388 e. The summed E-state index contributed by atoms with van der Waals surface area (Å²) in [6.45, 7) is 5.83. The molecule has 4 heteroatoms. The highest BCUT2D eigenvalue weighted by molar-refractivity contribution is 6.30. The maximum absolute atomic E-state index is 10.2. The summed E-state index contributed by atoms with van der Waals surface area (Å²) < 4.78 is 5.62. The van der Waals surface area contributed by atoms with Gasteiger partial charge in [0.1, 0.15) is 0 Å². The Labute approximate surface area is 120 Å². The van der Waals surface area contributed by atoms with Crippen LogP contribution >= 0.6 is 11.6 Å². The molecule has 0 saturated carbocycles. The first kappa shape index (κ1) is 14.8. The molecule has 1 N–H and O–H groups in total. The maximum atomic E-state index is 10.2. The van der Waals surface area contributed by atoms with E-state index in [4.69, 9.17) is 16.3 Å². The normalized spacial score (nSPS) is 23.0. The van der Waals surface area contributed by atoms with Gasteiger partial charge < -0.3 is 14.7 Å². The Morgan fingerprint density at radius 2 is 2.37 bits per heavy atom. The Kier molecular flexibility index (Phi) is 5.64. The summed E-state index contributed by atoms with van der Waals surface area (Å²) in [6.07, 6.45) is 1.63. The van der Waals surface area contributed by atoms with Crippen molar-refractivity contribution in [3.8, 4) is 0 Å². The summed E-state index contributed by atoms with van der Waals surface area (Å²) in [7, 11) is 0. The molecular weight excluding hydrogens is 262 g/mol. The van der Waals surface area contributed by atoms with E-state index in [0.717, 1.165) is 44.6 Å². The molecular formula is C15H22ClNO2. The molecule has 19 heavy (non-hydrogen) atoms. The third-order valence-electron chi connectivity index (χ3n) is 3.49. The van der Waals surface area contributed by atoms with Crippen molar-refractivity contribution in [1.29, 1.82) is 0 Å². The van der Waals surface area contributed by atoms with Crippen LogP contribution < -0.4 is 0 Å². The lowest BCUT2D eigenvalue weighted by molar-refractivity contribution is 0.0644. The number of aliphatic hydroxyl groups excluding tert-OH is 1. The van der Waals surface area contributed by atoms with Gasteiger partial charge in [-0.3, -0.25) is 0 Å². The lowest BCUT2D eigenvalue weighted by Crippen LogP contribution is -2.31. The van der Waals surface area contributed by atoms with E-state index in [1.807, 2.05) is 24.3 Å². The Morgan fingerprint density at radius 1 is 1.53 bits per heavy atom. The van der Waals surface area contributed by atoms with Gasteiger partial charge in [0.05, 0.1) is 12.2 Å². The summed E-state index contributed by atoms with van der Waals surface area (Å²) in [5, 5.41) is 10.9. The van der Waals surface area contributed by atoms with Crippen molar-refractivity contribution in [3.05, 3.63) is 34.9 Å². The van der Waals surface area contributed by atoms with Gasteiger partial charge >= 0.3 is 0 Å². The fourth-order valence-electron chi connectivity index (χ4n) is 2.47. The van der Waals surface area contributed by atoms with Gasteiger partial charge in [0.15, 0.2) is 0 Å². The van der Waals surface area contributed by atoms with Crippen LogP contribution in [0.25, 0.3) is 0 Å². The molecule has 2 atom stereocenters. The zero-order chi connectivity index (χ0) is 13.7. The predicted molar refractivity (Wildman–Crippen MR) is 77.5 cm³/mol. The second-order valence-electron chi connectivity index (χ2n) is 5.20. The minimum absolute atomic E-state index is 0.283. The van der Waals surface area contributed by atoms with Crippen molar-refractivity contribution in [2.24, 2.45) is 0 Å². The molecule has 0 bridgehead atoms. The van der Waals surface area contributed by atoms with Crippen molar-refractivity contribution < 1.29 is 9.84 Å². The summed E-state index contributed by atoms with van der Waals surface area (Å²) in [4.78, 5) is 2.37. The first-order valence-electron chi connectivity index (χ1n) is 6.92. The molecule has 1 saturated heterocycles. The minimum atomic E-state index is -0.446. The first-order chi connectivity index (χ1) is 9.15. The Bertz CT molecular complexity index is 399. The van der Waals surface area contributed by atoms with Crippen LogP contribution in [0.3, 0.4) is 0 Å². The van der Waals surface area contributed by atoms with Crippen LogP contribution in [0.15, 0.2) is 24.3 Å². The van der Waals surface area contributed by atoms with E-state index >= 15 is 0 Å². The van der Waals surface area contributed by atoms with Crippen molar-refractivity contribution in [3.63, 3.8) is 0 Å². The highest BCUT2D eigenvalue weighted by Gasteiger charge is 2.16. The third-order valence-corrected chi connectivity index (χ3v) is 3.72. The molecule has 2 rings (SSSR count). The van der Waals surface area contributed by atoms with Crippen molar-refractivity contribution in [1.82, 2.24) is 4.90 Å². The molecule has 1 aliphatic heterocycles. The van der Waals surface area contributed by atoms with E-state index in [2.05, 4.69) is 11.8 Å². The average Bonchev–Trinajstić information content (AvgIpc) is 2.60. The highest BCUT2D eigenvalue weighted by Crippen LogP contribution is 2.21. The number of aliphatic hydroxyl groups is 1. The Morgan fingerprint density at radius 3 is 3.16 bits per heavy atom. The molecule has 3 nitrogen and oxygen atoms in total. The van der Waals surface area contributed by atoms with Crippen LogP contribution in [-0.4, -0.2) is 42.4 Å². The zero-order valence-corrected chi connectivity index (χ0v) is 12.1. The van der Waals surface area contributed by atoms with E-state index in [1.54, 1.807) is 0 Å². The van der Waals surface area contributed by atoms with Gasteiger partial charge in [-0.2, -0.15) is 0 Å². The summed E-state index contributed by atoms with van der Waals surface area (Å²) >= 11 is 5.94. The number of hydrogen-bond acceptors (Lipinski definition) is 3. The van der Waals surface area contributed by atoms with E-state index in [9.17, 15) is 5.11 Å². The quantitative estimate of drug-likeness (QED) is 0.922. The summed E-state index contributed by atoms with van der Waals surface area (Å²) in [6, 6.07) is 7.46. The Balaban J connectivity index is 1.84. The van der Waals surface area contributed by atoms with E-state index < -0.39 is 6.10 Å². The third kappa shape index (κ3) is 4.77. The van der Waals surface area contributed by atoms with Gasteiger partial charge in [-0.1, -0.05) is 23.7 Å². The number of ether oxygens (including phenoxy) is 1. The molecule has 1 aliphatic rings. The molecule has 0 aliphatic carbocycles. The van der Waals surface area contributed by atoms with Gasteiger partial charge in [0, 0.05) is 31.3 Å². The molecule has 1 aromatic carbocycles. The van der Waals surface area contributed by atoms with Crippen LogP contribution in [0.1, 0.15) is 31.4 Å². The highest BCUT2D eigenvalue weighted by atomic mass is 35.5. The van der Waals surface area contributed by atoms with Crippen LogP contribution in [-0.2, 0) is 4.74 Å². The average molecular weight is 284 g/mol. The number of nitrogens with zero attached hydrogens (tertiary/aromatic N) is 1. The van der Waals surface area contributed by atoms with Gasteiger partial charge in [-0.05, 0) is 37.5 Å². The lowest BCUT2D eigenvalue weighted by Gasteiger charge is -2.23. The predicted octanol–water partition coefficient (Wildman–Crippen LogP) is 2.87. The fourth-order valence-corrected chi connectivity index (χ4v) is 2.67. The van der Waals surface area contributed by atoms with Gasteiger partial charge in [0.2, 0.25) is 0 Å². The monoisotopic (exact) mass is 283 g/mol. The minimum Gasteiger partial charge on any atom is -0.388 e. The molecule has 0 spiro atoms. The second-order valence-corrected chi connectivity index (χ2v) is 5.63. The van der Waals surface area contributed by atoms with Crippen LogP contribution in [0.5, 0.6) is 0 Å². The van der Waals surface area contributed by atoms with Gasteiger partial charge in [-0.25, -0.2) is 0 Å². The molecule has 0 aromatic heterocycles. The molecule has 0 radical (unpaired) electrons. The second kappa shape index (κ2) is 7.25. The molecule has 0 amide bonds. The van der Waals surface area contributed by atoms with Crippen molar-refractivity contribution >= 4 is 11.6 Å². The van der Waals surface area contributed by atoms with Gasteiger partial charge in [0.25, 0.3) is 0 Å².